The van der Waals surface area contributed by atoms with E-state index in [2.05, 4.69) is 16.1 Å². The monoisotopic (exact) mass is 671 g/mol. The summed E-state index contributed by atoms with van der Waals surface area (Å²) >= 11 is 0.849. The summed E-state index contributed by atoms with van der Waals surface area (Å²) in [5.41, 5.74) is 2.44. The van der Waals surface area contributed by atoms with Crippen molar-refractivity contribution >= 4 is 54.8 Å². The molecule has 0 heterocycles. The Morgan fingerprint density at radius 3 is 2.24 bits per heavy atom. The van der Waals surface area contributed by atoms with Crippen molar-refractivity contribution in [3.8, 4) is 16.9 Å². The number of rotatable bonds is 11. The highest BCUT2D eigenvalue weighted by Crippen LogP contribution is 2.38. The lowest BCUT2D eigenvalue weighted by Gasteiger charge is -2.22. The van der Waals surface area contributed by atoms with Gasteiger partial charge < -0.3 is 25.6 Å². The molecule has 0 aromatic heterocycles. The van der Waals surface area contributed by atoms with E-state index in [0.717, 1.165) is 18.3 Å². The van der Waals surface area contributed by atoms with Crippen molar-refractivity contribution in [3.63, 3.8) is 0 Å². The van der Waals surface area contributed by atoms with Crippen LogP contribution in [0.2, 0.25) is 0 Å². The topological polar surface area (TPSA) is 112 Å². The van der Waals surface area contributed by atoms with E-state index in [-0.39, 0.29) is 43.5 Å². The minimum Gasteiger partial charge on any atom is -0.408 e. The minimum absolute atomic E-state index is 0. The van der Waals surface area contributed by atoms with Gasteiger partial charge in [-0.25, -0.2) is 8.78 Å². The van der Waals surface area contributed by atoms with E-state index in [4.69, 9.17) is 4.18 Å². The molecule has 0 saturated heterocycles. The summed E-state index contributed by atoms with van der Waals surface area (Å²) in [6.45, 7) is 2.84. The summed E-state index contributed by atoms with van der Waals surface area (Å²) in [6, 6.07) is 13.9. The van der Waals surface area contributed by atoms with Gasteiger partial charge in [-0.1, -0.05) is 24.3 Å². The van der Waals surface area contributed by atoms with Crippen molar-refractivity contribution in [1.82, 2.24) is 15.0 Å². The highest BCUT2D eigenvalue weighted by atomic mass is 32.2. The van der Waals surface area contributed by atoms with Crippen LogP contribution in [0.15, 0.2) is 60.7 Å². The highest BCUT2D eigenvalue weighted by molar-refractivity contribution is 7.92. The maximum absolute atomic E-state index is 15.3. The Balaban J connectivity index is 0.00000552. The standard InChI is InChI=1S/C29H28F5N5O4S.H2S/c1-16(35-26(41)28(13-14-28)37-27(42)29(32,33)34)21-12-7-18(15-24(21)31)22-5-4-6-23(30)25(22)38-39(3)44-43-20-10-8-19(9-11-20)36-17(2)40;/h4-12,15-16,38H,13-14H2,1-3H3,(H,35,41)(H,36,40)(H,37,42);1H2. The van der Waals surface area contributed by atoms with Gasteiger partial charge in [0.2, 0.25) is 11.8 Å². The number of hydrazine groups is 1. The van der Waals surface area contributed by atoms with E-state index in [1.165, 1.54) is 42.5 Å². The first-order valence-corrected chi connectivity index (χ1v) is 13.9. The summed E-state index contributed by atoms with van der Waals surface area (Å²) in [6.07, 6.45) is -5.10. The molecule has 45 heavy (non-hydrogen) atoms. The van der Waals surface area contributed by atoms with Crippen LogP contribution in [-0.2, 0) is 14.4 Å². The third-order valence-corrected chi connectivity index (χ3v) is 7.21. The Labute approximate surface area is 267 Å². The number of halogens is 5. The maximum Gasteiger partial charge on any atom is 0.471 e. The van der Waals surface area contributed by atoms with Crippen molar-refractivity contribution in [3.05, 3.63) is 77.9 Å². The number of nitrogens with one attached hydrogen (secondary N) is 4. The average Bonchev–Trinajstić information content (AvgIpc) is 3.73. The lowest BCUT2D eigenvalue weighted by molar-refractivity contribution is -0.175. The zero-order valence-electron chi connectivity index (χ0n) is 24.1. The number of hydrogen-bond donors (Lipinski definition) is 4. The largest absolute Gasteiger partial charge is 0.471 e. The fraction of sp³-hybridized carbons (Fsp3) is 0.276. The number of hydrogen-bond acceptors (Lipinski definition) is 7. The number of carbonyl (C=O) groups is 3. The molecule has 9 nitrogen and oxygen atoms in total. The molecule has 16 heteroatoms. The zero-order chi connectivity index (χ0) is 32.2. The minimum atomic E-state index is -5.14. The lowest BCUT2D eigenvalue weighted by atomic mass is 9.99. The normalized spacial score (nSPS) is 14.1. The van der Waals surface area contributed by atoms with E-state index >= 15 is 4.39 Å². The summed E-state index contributed by atoms with van der Waals surface area (Å²) in [5, 5.41) is 6.83. The van der Waals surface area contributed by atoms with E-state index < -0.39 is 41.2 Å². The van der Waals surface area contributed by atoms with Crippen LogP contribution in [-0.4, -0.2) is 40.9 Å². The molecule has 0 spiro atoms. The molecule has 0 radical (unpaired) electrons. The predicted molar refractivity (Wildman–Crippen MR) is 165 cm³/mol. The van der Waals surface area contributed by atoms with Crippen LogP contribution >= 0.6 is 25.7 Å². The number of alkyl halides is 3. The van der Waals surface area contributed by atoms with Crippen LogP contribution in [0.1, 0.15) is 38.3 Å². The van der Waals surface area contributed by atoms with E-state index in [1.807, 2.05) is 0 Å². The van der Waals surface area contributed by atoms with Gasteiger partial charge >= 0.3 is 12.1 Å². The van der Waals surface area contributed by atoms with Gasteiger partial charge in [-0.15, -0.1) is 4.41 Å². The van der Waals surface area contributed by atoms with E-state index in [1.54, 1.807) is 42.7 Å². The molecule has 1 unspecified atom stereocenters. The Bertz CT molecular complexity index is 1560. The predicted octanol–water partition coefficient (Wildman–Crippen LogP) is 5.99. The van der Waals surface area contributed by atoms with Gasteiger partial charge in [-0.2, -0.15) is 26.7 Å². The van der Waals surface area contributed by atoms with E-state index in [9.17, 15) is 31.9 Å². The van der Waals surface area contributed by atoms with Crippen LogP contribution in [0.25, 0.3) is 11.1 Å². The molecular weight excluding hydrogens is 641 g/mol. The van der Waals surface area contributed by atoms with Gasteiger partial charge in [-0.3, -0.25) is 14.4 Å². The number of amides is 3. The molecule has 3 aromatic rings. The third kappa shape index (κ3) is 9.02. The smallest absolute Gasteiger partial charge is 0.408 e. The highest BCUT2D eigenvalue weighted by Gasteiger charge is 2.55. The molecule has 242 valence electrons. The quantitative estimate of drug-likeness (QED) is 0.0858. The maximum atomic E-state index is 15.3. The van der Waals surface area contributed by atoms with Crippen molar-refractivity contribution in [1.29, 1.82) is 0 Å². The molecule has 4 N–H and O–H groups in total. The molecule has 1 aliphatic rings. The Kier molecular flexibility index (Phi) is 11.3. The Hall–Kier alpha value is -4.02. The van der Waals surface area contributed by atoms with Crippen molar-refractivity contribution in [2.75, 3.05) is 17.8 Å². The van der Waals surface area contributed by atoms with Crippen molar-refractivity contribution < 1.29 is 40.5 Å². The number of nitrogens with zero attached hydrogens (tertiary/aromatic N) is 1. The summed E-state index contributed by atoms with van der Waals surface area (Å²) in [5.74, 6) is -4.20. The molecule has 1 saturated carbocycles. The van der Waals surface area contributed by atoms with Gasteiger partial charge in [0.05, 0.1) is 11.7 Å². The number of anilines is 2. The summed E-state index contributed by atoms with van der Waals surface area (Å²) < 4.78 is 75.2. The van der Waals surface area contributed by atoms with Crippen molar-refractivity contribution in [2.45, 2.75) is 44.4 Å². The first kappa shape index (κ1) is 35.5. The lowest BCUT2D eigenvalue weighted by Crippen LogP contribution is -2.53. The number of carbonyl (C=O) groups excluding carboxylic acids is 3. The SMILES string of the molecule is CC(=O)Nc1ccc(OSN(C)Nc2c(F)cccc2-c2ccc(C(C)NC(=O)C3(NC(=O)C(F)(F)F)CC3)c(F)c2)cc1.S. The molecule has 0 bridgehead atoms. The van der Waals surface area contributed by atoms with Crippen LogP contribution in [0.3, 0.4) is 0 Å². The van der Waals surface area contributed by atoms with Crippen LogP contribution in [0, 0.1) is 11.6 Å². The number of para-hydroxylation sites is 1. The van der Waals surface area contributed by atoms with Gasteiger partial charge in [0.15, 0.2) is 12.2 Å². The second kappa shape index (κ2) is 14.4. The third-order valence-electron chi connectivity index (χ3n) is 6.62. The number of benzene rings is 3. The first-order valence-electron chi connectivity index (χ1n) is 13.2. The first-order chi connectivity index (χ1) is 20.7. The summed E-state index contributed by atoms with van der Waals surface area (Å²) in [4.78, 5) is 35.2. The molecule has 4 rings (SSSR count). The molecule has 0 aliphatic heterocycles. The van der Waals surface area contributed by atoms with Gasteiger partial charge in [-0.05, 0) is 61.7 Å². The fourth-order valence-corrected chi connectivity index (χ4v) is 4.67. The molecule has 1 fully saturated rings. The average molecular weight is 672 g/mol. The Morgan fingerprint density at radius 1 is 1.00 bits per heavy atom. The Morgan fingerprint density at radius 2 is 1.67 bits per heavy atom. The van der Waals surface area contributed by atoms with Gasteiger partial charge in [0.1, 0.15) is 22.9 Å². The molecule has 1 atom stereocenters. The molecular formula is C29H30F5N5O4S2. The molecule has 3 aromatic carbocycles. The van der Waals surface area contributed by atoms with Gasteiger partial charge in [0, 0.05) is 30.8 Å². The second-order valence-corrected chi connectivity index (χ2v) is 11.0. The summed E-state index contributed by atoms with van der Waals surface area (Å²) in [7, 11) is 1.57. The van der Waals surface area contributed by atoms with Crippen LogP contribution in [0.4, 0.5) is 33.3 Å². The fourth-order valence-electron chi connectivity index (χ4n) is 4.23. The molecule has 3 amide bonds. The van der Waals surface area contributed by atoms with Crippen LogP contribution < -0.4 is 25.6 Å². The zero-order valence-corrected chi connectivity index (χ0v) is 26.0. The molecule has 1 aliphatic carbocycles. The second-order valence-electron chi connectivity index (χ2n) is 10.1. The van der Waals surface area contributed by atoms with Crippen LogP contribution in [0.5, 0.6) is 5.75 Å². The van der Waals surface area contributed by atoms with Crippen molar-refractivity contribution in [2.24, 2.45) is 0 Å². The van der Waals surface area contributed by atoms with Gasteiger partial charge in [0.25, 0.3) is 0 Å². The van der Waals surface area contributed by atoms with E-state index in [0.29, 0.717) is 22.6 Å².